The van der Waals surface area contributed by atoms with Crippen LogP contribution in [0.15, 0.2) is 45.8 Å². The fourth-order valence-electron chi connectivity index (χ4n) is 2.66. The van der Waals surface area contributed by atoms with Crippen molar-refractivity contribution in [2.24, 2.45) is 0 Å². The number of halogens is 11. The highest BCUT2D eigenvalue weighted by atomic mass is 79.9. The van der Waals surface area contributed by atoms with Gasteiger partial charge in [-0.25, -0.2) is 8.60 Å². The Hall–Kier alpha value is -2.36. The van der Waals surface area contributed by atoms with E-state index in [1.165, 1.54) is 31.3 Å². The predicted molar refractivity (Wildman–Crippen MR) is 105 cm³/mol. The summed E-state index contributed by atoms with van der Waals surface area (Å²) in [5.41, 5.74) is -15.0. The SMILES string of the molecule is CNc1cccc(C(=O)Nc2c(Br)cc(C(F)(C(F)(F)F)C(F)(F)F)cc2S(=O)C(F)(F)F)c1. The van der Waals surface area contributed by atoms with Crippen LogP contribution < -0.4 is 10.6 Å². The Morgan fingerprint density at radius 2 is 1.47 bits per heavy atom. The zero-order valence-corrected chi connectivity index (χ0v) is 18.7. The molecule has 188 valence electrons. The summed E-state index contributed by atoms with van der Waals surface area (Å²) in [6, 6.07) is 4.68. The van der Waals surface area contributed by atoms with Gasteiger partial charge in [0.15, 0.2) is 10.8 Å². The lowest BCUT2D eigenvalue weighted by Crippen LogP contribution is -2.50. The number of amides is 1. The van der Waals surface area contributed by atoms with E-state index in [9.17, 15) is 52.9 Å². The van der Waals surface area contributed by atoms with E-state index in [4.69, 9.17) is 0 Å². The van der Waals surface area contributed by atoms with Crippen LogP contribution in [0.1, 0.15) is 15.9 Å². The molecule has 2 aromatic rings. The topological polar surface area (TPSA) is 58.2 Å². The van der Waals surface area contributed by atoms with Gasteiger partial charge < -0.3 is 10.6 Å². The van der Waals surface area contributed by atoms with E-state index in [1.807, 2.05) is 5.32 Å². The fourth-order valence-corrected chi connectivity index (χ4v) is 4.18. The molecule has 4 nitrogen and oxygen atoms in total. The highest BCUT2D eigenvalue weighted by molar-refractivity contribution is 9.10. The predicted octanol–water partition coefficient (Wildman–Crippen LogP) is 6.66. The third kappa shape index (κ3) is 5.31. The van der Waals surface area contributed by atoms with Crippen LogP contribution >= 0.6 is 15.9 Å². The van der Waals surface area contributed by atoms with E-state index in [1.54, 1.807) is 0 Å². The van der Waals surface area contributed by atoms with Gasteiger partial charge in [-0.1, -0.05) is 6.07 Å². The largest absolute Gasteiger partial charge is 0.475 e. The van der Waals surface area contributed by atoms with E-state index >= 15 is 0 Å². The van der Waals surface area contributed by atoms with Crippen molar-refractivity contribution >= 4 is 44.0 Å². The van der Waals surface area contributed by atoms with E-state index < -0.39 is 66.9 Å². The molecule has 34 heavy (non-hydrogen) atoms. The van der Waals surface area contributed by atoms with Crippen LogP contribution in [0.4, 0.5) is 55.3 Å². The first-order valence-electron chi connectivity index (χ1n) is 8.58. The highest BCUT2D eigenvalue weighted by Crippen LogP contribution is 2.54. The van der Waals surface area contributed by atoms with Crippen molar-refractivity contribution in [3.63, 3.8) is 0 Å². The molecule has 0 saturated carbocycles. The van der Waals surface area contributed by atoms with Gasteiger partial charge in [-0.15, -0.1) is 0 Å². The van der Waals surface area contributed by atoms with E-state index in [-0.39, 0.29) is 11.6 Å². The maximum Gasteiger partial charge on any atom is 0.475 e. The summed E-state index contributed by atoms with van der Waals surface area (Å²) in [4.78, 5) is 10.8. The second kappa shape index (κ2) is 9.36. The normalized spacial score (nSPS) is 14.0. The first kappa shape index (κ1) is 27.9. The molecular formula is C18H11BrF10N2O2S. The van der Waals surface area contributed by atoms with Gasteiger partial charge in [-0.05, 0) is 46.3 Å². The summed E-state index contributed by atoms with van der Waals surface area (Å²) in [6.45, 7) is 0. The Balaban J connectivity index is 2.75. The lowest BCUT2D eigenvalue weighted by atomic mass is 9.94. The van der Waals surface area contributed by atoms with Crippen LogP contribution in [0, 0.1) is 0 Å². The number of hydrogen-bond acceptors (Lipinski definition) is 3. The second-order valence-electron chi connectivity index (χ2n) is 6.48. The van der Waals surface area contributed by atoms with Crippen LogP contribution in [-0.2, 0) is 16.5 Å². The number of rotatable bonds is 5. The molecular weight excluding hydrogens is 578 g/mol. The molecule has 0 radical (unpaired) electrons. The summed E-state index contributed by atoms with van der Waals surface area (Å²) in [7, 11) is -2.78. The lowest BCUT2D eigenvalue weighted by Gasteiger charge is -2.31. The Morgan fingerprint density at radius 1 is 0.912 bits per heavy atom. The number of carbonyl (C=O) groups is 1. The molecule has 1 unspecified atom stereocenters. The van der Waals surface area contributed by atoms with Gasteiger partial charge in [0, 0.05) is 28.3 Å². The Bertz CT molecular complexity index is 1100. The molecule has 0 aliphatic heterocycles. The molecule has 0 fully saturated rings. The second-order valence-corrected chi connectivity index (χ2v) is 8.78. The van der Waals surface area contributed by atoms with E-state index in [0.29, 0.717) is 5.69 Å². The number of alkyl halides is 10. The number of anilines is 2. The number of benzene rings is 2. The minimum absolute atomic E-state index is 0.0995. The first-order valence-corrected chi connectivity index (χ1v) is 10.5. The summed E-state index contributed by atoms with van der Waals surface area (Å²) in [5, 5.41) is 4.52. The average Bonchev–Trinajstić information content (AvgIpc) is 2.71. The summed E-state index contributed by atoms with van der Waals surface area (Å²) in [5.74, 6) is -1.15. The highest BCUT2D eigenvalue weighted by Gasteiger charge is 2.73. The lowest BCUT2D eigenvalue weighted by molar-refractivity contribution is -0.348. The van der Waals surface area contributed by atoms with Gasteiger partial charge in [-0.2, -0.15) is 39.5 Å². The zero-order valence-electron chi connectivity index (χ0n) is 16.3. The van der Waals surface area contributed by atoms with Gasteiger partial charge in [0.2, 0.25) is 0 Å². The molecule has 2 aromatic carbocycles. The van der Waals surface area contributed by atoms with Crippen molar-refractivity contribution in [3.05, 3.63) is 52.0 Å². The van der Waals surface area contributed by atoms with Gasteiger partial charge in [0.1, 0.15) is 0 Å². The summed E-state index contributed by atoms with van der Waals surface area (Å²) >= 11 is 2.46. The molecule has 0 spiro atoms. The first-order chi connectivity index (χ1) is 15.3. The van der Waals surface area contributed by atoms with Crippen molar-refractivity contribution in [2.75, 3.05) is 17.7 Å². The standard InChI is InChI=1S/C18H11BrF10N2O2S/c1-30-10-4-2-3-8(5-10)14(32)31-13-11(19)6-9(7-12(13)34(33)18(27,28)29)15(20,16(21,22)23)17(24,25)26/h2-7,30H,1H3,(H,31,32). The molecule has 0 heterocycles. The molecule has 16 heteroatoms. The average molecular weight is 589 g/mol. The minimum atomic E-state index is -6.64. The summed E-state index contributed by atoms with van der Waals surface area (Å²) in [6.07, 6.45) is -13.3. The quantitative estimate of drug-likeness (QED) is 0.384. The Morgan fingerprint density at radius 3 is 1.94 bits per heavy atom. The van der Waals surface area contributed by atoms with Crippen LogP contribution in [0.2, 0.25) is 0 Å². The van der Waals surface area contributed by atoms with Crippen LogP contribution in [-0.4, -0.2) is 35.0 Å². The summed E-state index contributed by atoms with van der Waals surface area (Å²) < 4.78 is 143. The smallest absolute Gasteiger partial charge is 0.388 e. The number of nitrogens with one attached hydrogen (secondary N) is 2. The molecule has 0 aliphatic rings. The van der Waals surface area contributed by atoms with E-state index in [2.05, 4.69) is 21.2 Å². The molecule has 0 saturated heterocycles. The number of hydrogen-bond donors (Lipinski definition) is 2. The maximum atomic E-state index is 14.5. The van der Waals surface area contributed by atoms with Gasteiger partial charge in [0.05, 0.1) is 10.6 Å². The molecule has 0 aliphatic carbocycles. The molecule has 2 rings (SSSR count). The van der Waals surface area contributed by atoms with Crippen molar-refractivity contribution in [2.45, 2.75) is 28.4 Å². The van der Waals surface area contributed by atoms with Crippen LogP contribution in [0.5, 0.6) is 0 Å². The third-order valence-corrected chi connectivity index (χ3v) is 6.06. The van der Waals surface area contributed by atoms with Gasteiger partial charge in [-0.3, -0.25) is 4.79 Å². The monoisotopic (exact) mass is 588 g/mol. The van der Waals surface area contributed by atoms with Crippen molar-refractivity contribution in [1.82, 2.24) is 0 Å². The fraction of sp³-hybridized carbons (Fsp3) is 0.278. The zero-order chi connectivity index (χ0) is 26.3. The van der Waals surface area contributed by atoms with Crippen molar-refractivity contribution in [3.8, 4) is 0 Å². The third-order valence-electron chi connectivity index (χ3n) is 4.29. The molecule has 1 atom stereocenters. The molecule has 2 N–H and O–H groups in total. The van der Waals surface area contributed by atoms with Crippen molar-refractivity contribution in [1.29, 1.82) is 0 Å². The van der Waals surface area contributed by atoms with E-state index in [0.717, 1.165) is 0 Å². The van der Waals surface area contributed by atoms with Gasteiger partial charge >= 0.3 is 23.5 Å². The Labute approximate surface area is 195 Å². The number of carbonyl (C=O) groups excluding carboxylic acids is 1. The van der Waals surface area contributed by atoms with Crippen LogP contribution in [0.25, 0.3) is 0 Å². The van der Waals surface area contributed by atoms with Crippen LogP contribution in [0.3, 0.4) is 0 Å². The molecule has 0 bridgehead atoms. The Kier molecular flexibility index (Phi) is 7.67. The minimum Gasteiger partial charge on any atom is -0.388 e. The van der Waals surface area contributed by atoms with Crippen molar-refractivity contribution < 1.29 is 52.9 Å². The van der Waals surface area contributed by atoms with Gasteiger partial charge in [0.25, 0.3) is 5.91 Å². The molecule has 1 amide bonds. The molecule has 0 aromatic heterocycles. The maximum absolute atomic E-state index is 14.5.